The van der Waals surface area contributed by atoms with Crippen LogP contribution < -0.4 is 20.1 Å². The molecule has 0 unspecified atom stereocenters. The zero-order chi connectivity index (χ0) is 25.8. The highest BCUT2D eigenvalue weighted by atomic mass is 16.5. The summed E-state index contributed by atoms with van der Waals surface area (Å²) in [4.78, 5) is 29.6. The molecule has 190 valence electrons. The van der Waals surface area contributed by atoms with E-state index >= 15 is 0 Å². The minimum absolute atomic E-state index is 0.0674. The molecule has 9 nitrogen and oxygen atoms in total. The maximum atomic E-state index is 12.8. The van der Waals surface area contributed by atoms with Crippen molar-refractivity contribution in [2.24, 2.45) is 5.92 Å². The Morgan fingerprint density at radius 2 is 1.92 bits per heavy atom. The zero-order valence-corrected chi connectivity index (χ0v) is 20.9. The average Bonchev–Trinajstić information content (AvgIpc) is 3.28. The highest BCUT2D eigenvalue weighted by Gasteiger charge is 2.25. The number of ether oxygens (including phenoxy) is 2. The van der Waals surface area contributed by atoms with Crippen molar-refractivity contribution < 1.29 is 19.1 Å². The number of carbonyl (C=O) groups excluding carboxylic acids is 2. The van der Waals surface area contributed by atoms with E-state index in [9.17, 15) is 9.59 Å². The van der Waals surface area contributed by atoms with Crippen molar-refractivity contribution in [3.05, 3.63) is 77.6 Å². The SMILES string of the molecule is COc1ccc(Cn2ncc3cc(C(=O)NCc4cccc(NC(=O)C5CCC5)c4)cnc32)c(OC)c1. The average molecular weight is 500 g/mol. The van der Waals surface area contributed by atoms with Crippen LogP contribution in [-0.4, -0.2) is 40.8 Å². The summed E-state index contributed by atoms with van der Waals surface area (Å²) in [6, 6.07) is 14.9. The number of nitrogens with zero attached hydrogens (tertiary/aromatic N) is 3. The Labute approximate surface area is 214 Å². The van der Waals surface area contributed by atoms with Crippen LogP contribution >= 0.6 is 0 Å². The highest BCUT2D eigenvalue weighted by Crippen LogP contribution is 2.28. The Kier molecular flexibility index (Phi) is 7.02. The van der Waals surface area contributed by atoms with Gasteiger partial charge in [-0.25, -0.2) is 9.67 Å². The maximum Gasteiger partial charge on any atom is 0.253 e. The number of carbonyl (C=O) groups is 2. The molecular formula is C28H29N5O4. The summed E-state index contributed by atoms with van der Waals surface area (Å²) in [5, 5.41) is 11.1. The Bertz CT molecular complexity index is 1440. The number of rotatable bonds is 9. The van der Waals surface area contributed by atoms with E-state index in [1.807, 2.05) is 42.5 Å². The molecule has 0 atom stereocenters. The highest BCUT2D eigenvalue weighted by molar-refractivity contribution is 5.97. The number of aromatic nitrogens is 3. The van der Waals surface area contributed by atoms with E-state index in [1.54, 1.807) is 37.4 Å². The molecule has 0 saturated heterocycles. The van der Waals surface area contributed by atoms with E-state index in [2.05, 4.69) is 20.7 Å². The first-order valence-electron chi connectivity index (χ1n) is 12.2. The number of nitrogens with one attached hydrogen (secondary N) is 2. The van der Waals surface area contributed by atoms with Gasteiger partial charge >= 0.3 is 0 Å². The van der Waals surface area contributed by atoms with Gasteiger partial charge in [-0.2, -0.15) is 5.10 Å². The van der Waals surface area contributed by atoms with Gasteiger partial charge in [-0.1, -0.05) is 18.6 Å². The third-order valence-electron chi connectivity index (χ3n) is 6.68. The van der Waals surface area contributed by atoms with Crippen LogP contribution in [0.2, 0.25) is 0 Å². The molecule has 2 amide bonds. The van der Waals surface area contributed by atoms with Crippen molar-refractivity contribution in [1.29, 1.82) is 0 Å². The summed E-state index contributed by atoms with van der Waals surface area (Å²) in [5.41, 5.74) is 3.69. The van der Waals surface area contributed by atoms with Crippen molar-refractivity contribution in [2.45, 2.75) is 32.4 Å². The number of hydrogen-bond donors (Lipinski definition) is 2. The topological polar surface area (TPSA) is 107 Å². The van der Waals surface area contributed by atoms with Crippen LogP contribution in [0.5, 0.6) is 11.5 Å². The molecule has 0 aliphatic heterocycles. The minimum Gasteiger partial charge on any atom is -0.497 e. The van der Waals surface area contributed by atoms with E-state index in [1.165, 1.54) is 0 Å². The number of amides is 2. The fourth-order valence-corrected chi connectivity index (χ4v) is 4.31. The summed E-state index contributed by atoms with van der Waals surface area (Å²) in [6.07, 6.45) is 6.27. The predicted octanol–water partition coefficient (Wildman–Crippen LogP) is 4.17. The lowest BCUT2D eigenvalue weighted by Gasteiger charge is -2.24. The van der Waals surface area contributed by atoms with Gasteiger partial charge in [-0.05, 0) is 48.7 Å². The zero-order valence-electron chi connectivity index (χ0n) is 20.9. The van der Waals surface area contributed by atoms with Crippen molar-refractivity contribution in [2.75, 3.05) is 19.5 Å². The molecule has 37 heavy (non-hydrogen) atoms. The molecule has 5 rings (SSSR count). The molecule has 1 aliphatic carbocycles. The number of benzene rings is 2. The van der Waals surface area contributed by atoms with Crippen LogP contribution in [-0.2, 0) is 17.9 Å². The summed E-state index contributed by atoms with van der Waals surface area (Å²) in [5.74, 6) is 1.37. The quantitative estimate of drug-likeness (QED) is 0.358. The van der Waals surface area contributed by atoms with Gasteiger partial charge in [0.05, 0.1) is 32.5 Å². The standard InChI is InChI=1S/C28H29N5O4/c1-36-24-10-9-20(25(13-24)37-2)17-33-26-21(16-31-33)12-22(15-29-26)27(34)30-14-18-5-3-8-23(11-18)32-28(35)19-6-4-7-19/h3,5,8-13,15-16,19H,4,6-7,14,17H2,1-2H3,(H,30,34)(H,32,35). The van der Waals surface area contributed by atoms with Crippen molar-refractivity contribution in [3.8, 4) is 11.5 Å². The van der Waals surface area contributed by atoms with Gasteiger partial charge in [0.2, 0.25) is 5.91 Å². The normalized spacial score (nSPS) is 13.1. The third kappa shape index (κ3) is 5.40. The van der Waals surface area contributed by atoms with Crippen molar-refractivity contribution in [3.63, 3.8) is 0 Å². The Morgan fingerprint density at radius 1 is 1.05 bits per heavy atom. The molecular weight excluding hydrogens is 470 g/mol. The van der Waals surface area contributed by atoms with Crippen LogP contribution in [0.3, 0.4) is 0 Å². The van der Waals surface area contributed by atoms with Crippen LogP contribution in [0.25, 0.3) is 11.0 Å². The molecule has 1 saturated carbocycles. The molecule has 0 radical (unpaired) electrons. The van der Waals surface area contributed by atoms with Crippen LogP contribution in [0, 0.1) is 5.92 Å². The van der Waals surface area contributed by atoms with Gasteiger partial charge in [-0.15, -0.1) is 0 Å². The Morgan fingerprint density at radius 3 is 2.68 bits per heavy atom. The molecule has 2 aromatic carbocycles. The molecule has 1 aliphatic rings. The number of fused-ring (bicyclic) bond motifs is 1. The number of pyridine rings is 1. The number of methoxy groups -OCH3 is 2. The molecule has 2 heterocycles. The van der Waals surface area contributed by atoms with Gasteiger partial charge in [-0.3, -0.25) is 9.59 Å². The molecule has 1 fully saturated rings. The van der Waals surface area contributed by atoms with Crippen molar-refractivity contribution in [1.82, 2.24) is 20.1 Å². The molecule has 4 aromatic rings. The van der Waals surface area contributed by atoms with Gasteiger partial charge in [0.25, 0.3) is 5.91 Å². The monoisotopic (exact) mass is 499 g/mol. The molecule has 0 spiro atoms. The Hall–Kier alpha value is -4.40. The fourth-order valence-electron chi connectivity index (χ4n) is 4.31. The minimum atomic E-state index is -0.233. The van der Waals surface area contributed by atoms with Gasteiger partial charge in [0.15, 0.2) is 5.65 Å². The van der Waals surface area contributed by atoms with E-state index in [0.29, 0.717) is 35.8 Å². The number of anilines is 1. The third-order valence-corrected chi connectivity index (χ3v) is 6.68. The van der Waals surface area contributed by atoms with Gasteiger partial charge in [0, 0.05) is 41.4 Å². The first kappa shape index (κ1) is 24.3. The smallest absolute Gasteiger partial charge is 0.253 e. The second-order valence-electron chi connectivity index (χ2n) is 9.12. The summed E-state index contributed by atoms with van der Waals surface area (Å²) in [6.45, 7) is 0.795. The predicted molar refractivity (Wildman–Crippen MR) is 140 cm³/mol. The number of hydrogen-bond acceptors (Lipinski definition) is 6. The lowest BCUT2D eigenvalue weighted by molar-refractivity contribution is -0.122. The summed E-state index contributed by atoms with van der Waals surface area (Å²) in [7, 11) is 3.23. The van der Waals surface area contributed by atoms with E-state index in [4.69, 9.17) is 9.47 Å². The largest absolute Gasteiger partial charge is 0.497 e. The molecule has 0 bridgehead atoms. The van der Waals surface area contributed by atoms with E-state index in [0.717, 1.165) is 41.5 Å². The molecule has 9 heteroatoms. The molecule has 2 N–H and O–H groups in total. The van der Waals surface area contributed by atoms with Crippen LogP contribution in [0.4, 0.5) is 5.69 Å². The second-order valence-corrected chi connectivity index (χ2v) is 9.12. The second kappa shape index (κ2) is 10.7. The van der Waals surface area contributed by atoms with Crippen LogP contribution in [0.15, 0.2) is 60.9 Å². The van der Waals surface area contributed by atoms with Gasteiger partial charge < -0.3 is 20.1 Å². The van der Waals surface area contributed by atoms with Gasteiger partial charge in [0.1, 0.15) is 11.5 Å². The lowest BCUT2D eigenvalue weighted by atomic mass is 9.85. The van der Waals surface area contributed by atoms with Crippen LogP contribution in [0.1, 0.15) is 40.7 Å². The van der Waals surface area contributed by atoms with Crippen molar-refractivity contribution >= 4 is 28.5 Å². The fraction of sp³-hybridized carbons (Fsp3) is 0.286. The summed E-state index contributed by atoms with van der Waals surface area (Å²) >= 11 is 0. The summed E-state index contributed by atoms with van der Waals surface area (Å²) < 4.78 is 12.5. The van der Waals surface area contributed by atoms with E-state index in [-0.39, 0.29) is 17.7 Å². The molecule has 2 aromatic heterocycles. The lowest BCUT2D eigenvalue weighted by Crippen LogP contribution is -2.28. The first-order valence-corrected chi connectivity index (χ1v) is 12.2. The van der Waals surface area contributed by atoms with E-state index < -0.39 is 0 Å². The maximum absolute atomic E-state index is 12.8. The first-order chi connectivity index (χ1) is 18.0. The Balaban J connectivity index is 1.24.